The molecule has 0 N–H and O–H groups in total. The second kappa shape index (κ2) is 10.4. The van der Waals surface area contributed by atoms with E-state index in [-0.39, 0.29) is 26.2 Å². The van der Waals surface area contributed by atoms with Crippen LogP contribution >= 0.6 is 0 Å². The van der Waals surface area contributed by atoms with Gasteiger partial charge < -0.3 is 0 Å². The van der Waals surface area contributed by atoms with Crippen LogP contribution in [0.4, 0.5) is 0 Å². The Bertz CT molecular complexity index is 832. The molecule has 0 aliphatic carbocycles. The van der Waals surface area contributed by atoms with Crippen molar-refractivity contribution in [3.63, 3.8) is 0 Å². The van der Waals surface area contributed by atoms with E-state index in [2.05, 4.69) is 93.6 Å². The minimum atomic E-state index is 0. The molecule has 1 heteroatoms. The third-order valence-corrected chi connectivity index (χ3v) is 4.38. The topological polar surface area (TPSA) is 0 Å². The standard InChI is InChI=1S/C16H13.C8H13.Zr/c1-12-10-14-8-5-9-15(16(14)11-12)13-6-3-2-4-7-13;1-5-7(3)8(4)6-2;/h2-11H,1H3;5H,1-4H3;/q2*-1;+2. The molecule has 0 saturated heterocycles. The zero-order valence-electron chi connectivity index (χ0n) is 15.9. The van der Waals surface area contributed by atoms with Crippen molar-refractivity contribution in [1.82, 2.24) is 0 Å². The van der Waals surface area contributed by atoms with Gasteiger partial charge in [0.05, 0.1) is 0 Å². The minimum absolute atomic E-state index is 0. The number of aryl methyl sites for hydroxylation is 1. The summed E-state index contributed by atoms with van der Waals surface area (Å²) in [6.45, 7) is 10.3. The number of rotatable bonds is 2. The fraction of sp³-hybridized carbons (Fsp3) is 0.208. The van der Waals surface area contributed by atoms with Gasteiger partial charge in [-0.25, -0.2) is 11.1 Å². The molecule has 25 heavy (non-hydrogen) atoms. The van der Waals surface area contributed by atoms with E-state index in [1.807, 2.05) is 13.8 Å². The molecule has 0 aliphatic heterocycles. The van der Waals surface area contributed by atoms with E-state index in [0.29, 0.717) is 0 Å². The van der Waals surface area contributed by atoms with Crippen LogP contribution in [0.5, 0.6) is 0 Å². The Balaban J connectivity index is 0.000000301. The van der Waals surface area contributed by atoms with Crippen LogP contribution in [0.25, 0.3) is 21.9 Å². The molecular formula is C24H26Zr. The van der Waals surface area contributed by atoms with E-state index in [1.165, 1.54) is 38.6 Å². The van der Waals surface area contributed by atoms with E-state index in [4.69, 9.17) is 0 Å². The number of hydrogen-bond donors (Lipinski definition) is 0. The predicted molar refractivity (Wildman–Crippen MR) is 107 cm³/mol. The molecule has 3 rings (SSSR count). The van der Waals surface area contributed by atoms with Crippen molar-refractivity contribution in [1.29, 1.82) is 0 Å². The van der Waals surface area contributed by atoms with Crippen LogP contribution in [0, 0.1) is 13.0 Å². The molecule has 0 amide bonds. The molecule has 0 bridgehead atoms. The Morgan fingerprint density at radius 2 is 1.68 bits per heavy atom. The molecule has 0 radical (unpaired) electrons. The Hall–Kier alpha value is -1.59. The summed E-state index contributed by atoms with van der Waals surface area (Å²) in [4.78, 5) is 0. The molecule has 0 heterocycles. The monoisotopic (exact) mass is 404 g/mol. The van der Waals surface area contributed by atoms with Gasteiger partial charge in [-0.15, -0.1) is 48.4 Å². The summed E-state index contributed by atoms with van der Waals surface area (Å²) >= 11 is 0. The van der Waals surface area contributed by atoms with Crippen molar-refractivity contribution in [3.8, 4) is 11.1 Å². The Morgan fingerprint density at radius 3 is 2.24 bits per heavy atom. The van der Waals surface area contributed by atoms with Gasteiger partial charge in [-0.1, -0.05) is 62.7 Å². The van der Waals surface area contributed by atoms with Gasteiger partial charge in [0.1, 0.15) is 0 Å². The van der Waals surface area contributed by atoms with Gasteiger partial charge in [0.25, 0.3) is 0 Å². The van der Waals surface area contributed by atoms with E-state index < -0.39 is 0 Å². The van der Waals surface area contributed by atoms with Gasteiger partial charge in [0, 0.05) is 0 Å². The molecule has 0 aromatic heterocycles. The van der Waals surface area contributed by atoms with Gasteiger partial charge in [-0.3, -0.25) is 6.08 Å². The summed E-state index contributed by atoms with van der Waals surface area (Å²) in [5.74, 6) is 0. The third kappa shape index (κ3) is 5.72. The molecule has 0 spiro atoms. The van der Waals surface area contributed by atoms with E-state index in [9.17, 15) is 0 Å². The molecule has 0 fully saturated rings. The summed E-state index contributed by atoms with van der Waals surface area (Å²) in [5.41, 5.74) is 6.50. The zero-order valence-corrected chi connectivity index (χ0v) is 18.3. The fourth-order valence-corrected chi connectivity index (χ4v) is 2.67. The second-order valence-electron chi connectivity index (χ2n) is 6.05. The first-order valence-electron chi connectivity index (χ1n) is 8.43. The summed E-state index contributed by atoms with van der Waals surface area (Å²) in [5, 5.41) is 2.69. The first kappa shape index (κ1) is 21.5. The quantitative estimate of drug-likeness (QED) is 0.311. The largest absolute Gasteiger partial charge is 2.00 e. The molecule has 0 aliphatic rings. The Kier molecular flexibility index (Phi) is 8.94. The van der Waals surface area contributed by atoms with Crippen molar-refractivity contribution >= 4 is 10.8 Å². The first-order valence-corrected chi connectivity index (χ1v) is 8.43. The third-order valence-electron chi connectivity index (χ3n) is 4.38. The van der Waals surface area contributed by atoms with Crippen molar-refractivity contribution < 1.29 is 26.2 Å². The number of allylic oxidation sites excluding steroid dienone is 4. The van der Waals surface area contributed by atoms with Crippen LogP contribution in [0.1, 0.15) is 33.3 Å². The van der Waals surface area contributed by atoms with Gasteiger partial charge in [-0.2, -0.15) is 12.1 Å². The first-order chi connectivity index (χ1) is 11.6. The van der Waals surface area contributed by atoms with Crippen LogP contribution in [-0.2, 0) is 26.2 Å². The van der Waals surface area contributed by atoms with Crippen LogP contribution in [0.2, 0.25) is 0 Å². The van der Waals surface area contributed by atoms with Crippen LogP contribution in [0.3, 0.4) is 0 Å². The number of hydrogen-bond acceptors (Lipinski definition) is 0. The maximum absolute atomic E-state index is 3.06. The predicted octanol–water partition coefficient (Wildman–Crippen LogP) is 7.25. The van der Waals surface area contributed by atoms with Gasteiger partial charge in [0.2, 0.25) is 0 Å². The smallest absolute Gasteiger partial charge is 0.275 e. The van der Waals surface area contributed by atoms with Crippen molar-refractivity contribution in [2.75, 3.05) is 0 Å². The molecular weight excluding hydrogens is 379 g/mol. The summed E-state index contributed by atoms with van der Waals surface area (Å²) in [6.07, 6.45) is 5.15. The van der Waals surface area contributed by atoms with Crippen LogP contribution in [0.15, 0.2) is 77.9 Å². The van der Waals surface area contributed by atoms with E-state index in [1.54, 1.807) is 0 Å². The second-order valence-corrected chi connectivity index (χ2v) is 6.05. The zero-order chi connectivity index (χ0) is 17.5. The van der Waals surface area contributed by atoms with Gasteiger partial charge in [0.15, 0.2) is 0 Å². The molecule has 0 atom stereocenters. The molecule has 0 unspecified atom stereocenters. The maximum Gasteiger partial charge on any atom is 2.00 e. The summed E-state index contributed by atoms with van der Waals surface area (Å²) < 4.78 is 0. The van der Waals surface area contributed by atoms with Crippen molar-refractivity contribution in [2.45, 2.75) is 34.6 Å². The van der Waals surface area contributed by atoms with Crippen molar-refractivity contribution in [2.24, 2.45) is 0 Å². The fourth-order valence-electron chi connectivity index (χ4n) is 2.67. The average molecular weight is 406 g/mol. The Morgan fingerprint density at radius 1 is 1.00 bits per heavy atom. The minimum Gasteiger partial charge on any atom is -0.275 e. The van der Waals surface area contributed by atoms with E-state index >= 15 is 0 Å². The molecule has 0 nitrogen and oxygen atoms in total. The number of benzene rings is 2. The van der Waals surface area contributed by atoms with Crippen LogP contribution in [-0.4, -0.2) is 0 Å². The van der Waals surface area contributed by atoms with Gasteiger partial charge >= 0.3 is 26.2 Å². The molecule has 0 saturated carbocycles. The maximum atomic E-state index is 3.06. The van der Waals surface area contributed by atoms with Gasteiger partial charge in [-0.05, 0) is 5.56 Å². The molecule has 3 aromatic carbocycles. The Labute approximate surface area is 171 Å². The molecule has 3 aromatic rings. The number of fused-ring (bicyclic) bond motifs is 1. The van der Waals surface area contributed by atoms with Crippen molar-refractivity contribution in [3.05, 3.63) is 89.5 Å². The summed E-state index contributed by atoms with van der Waals surface area (Å²) in [6, 6.07) is 21.6. The molecule has 126 valence electrons. The average Bonchev–Trinajstić information content (AvgIpc) is 3.01. The van der Waals surface area contributed by atoms with E-state index in [0.717, 1.165) is 0 Å². The SMILES string of the molecule is C[C-]=C(C)C(C)=CC.Cc1cc2c(-c3ccccc3)cccc2[cH-]1.[Zr+2]. The summed E-state index contributed by atoms with van der Waals surface area (Å²) in [7, 11) is 0. The van der Waals surface area contributed by atoms with Crippen LogP contribution < -0.4 is 0 Å². The normalized spacial score (nSPS) is 11.6.